The molecule has 3 rings (SSSR count). The number of hydrogen-bond donors (Lipinski definition) is 1. The zero-order valence-electron chi connectivity index (χ0n) is 11.4. The van der Waals surface area contributed by atoms with Gasteiger partial charge in [-0.2, -0.15) is 0 Å². The molecule has 2 heterocycles. The van der Waals surface area contributed by atoms with Gasteiger partial charge < -0.3 is 14.6 Å². The highest BCUT2D eigenvalue weighted by Gasteiger charge is 2.18. The van der Waals surface area contributed by atoms with Crippen molar-refractivity contribution >= 4 is 16.8 Å². The van der Waals surface area contributed by atoms with Crippen LogP contribution in [0.2, 0.25) is 0 Å². The van der Waals surface area contributed by atoms with Crippen molar-refractivity contribution in [1.82, 2.24) is 9.88 Å². The first-order chi connectivity index (χ1) is 9.20. The van der Waals surface area contributed by atoms with Gasteiger partial charge in [-0.05, 0) is 24.1 Å². The van der Waals surface area contributed by atoms with E-state index >= 15 is 0 Å². The van der Waals surface area contributed by atoms with Crippen LogP contribution in [0.1, 0.15) is 12.5 Å². The summed E-state index contributed by atoms with van der Waals surface area (Å²) in [6.45, 7) is 5.95. The van der Waals surface area contributed by atoms with E-state index < -0.39 is 0 Å². The molecular formula is C14H19N3O2. The molecule has 0 aliphatic carbocycles. The molecule has 0 unspecified atom stereocenters. The number of hydrogen-bond acceptors (Lipinski definition) is 4. The quantitative estimate of drug-likeness (QED) is 0.879. The van der Waals surface area contributed by atoms with Crippen LogP contribution >= 0.6 is 0 Å². The van der Waals surface area contributed by atoms with E-state index in [1.165, 1.54) is 5.56 Å². The fraction of sp³-hybridized carbons (Fsp3) is 0.500. The summed E-state index contributed by atoms with van der Waals surface area (Å²) in [7, 11) is 1.76. The lowest BCUT2D eigenvalue weighted by atomic mass is 10.1. The number of nitrogens with one attached hydrogen (secondary N) is 1. The van der Waals surface area contributed by atoms with Crippen LogP contribution in [-0.2, 0) is 13.5 Å². The number of oxazole rings is 1. The minimum absolute atomic E-state index is 0.292. The van der Waals surface area contributed by atoms with Crippen molar-refractivity contribution in [3.63, 3.8) is 0 Å². The fourth-order valence-electron chi connectivity index (χ4n) is 2.61. The standard InChI is InChI=1S/C14H19N3O2/c1-3-10-8-11-13(19-14(18)16(11)2)12(9-10)17-6-4-15-5-7-17/h8-9,15H,3-7H2,1-2H3. The first-order valence-electron chi connectivity index (χ1n) is 6.79. The van der Waals surface area contributed by atoms with Gasteiger partial charge in [0.15, 0.2) is 5.58 Å². The Morgan fingerprint density at radius 3 is 2.74 bits per heavy atom. The van der Waals surface area contributed by atoms with Crippen molar-refractivity contribution in [3.8, 4) is 0 Å². The molecule has 5 heteroatoms. The number of nitrogens with zero attached hydrogens (tertiary/aromatic N) is 2. The fourth-order valence-corrected chi connectivity index (χ4v) is 2.61. The second-order valence-electron chi connectivity index (χ2n) is 4.98. The van der Waals surface area contributed by atoms with Crippen LogP contribution in [0.25, 0.3) is 11.1 Å². The lowest BCUT2D eigenvalue weighted by Crippen LogP contribution is -2.43. The number of piperazine rings is 1. The lowest BCUT2D eigenvalue weighted by Gasteiger charge is -2.29. The van der Waals surface area contributed by atoms with Crippen LogP contribution in [0.3, 0.4) is 0 Å². The largest absolute Gasteiger partial charge is 0.419 e. The van der Waals surface area contributed by atoms with Crippen molar-refractivity contribution in [2.24, 2.45) is 7.05 Å². The molecule has 1 aromatic carbocycles. The Kier molecular flexibility index (Phi) is 3.06. The van der Waals surface area contributed by atoms with Crippen molar-refractivity contribution in [1.29, 1.82) is 0 Å². The molecule has 0 amide bonds. The maximum absolute atomic E-state index is 11.7. The second-order valence-corrected chi connectivity index (χ2v) is 4.98. The van der Waals surface area contributed by atoms with Crippen LogP contribution in [0.5, 0.6) is 0 Å². The monoisotopic (exact) mass is 261 g/mol. The van der Waals surface area contributed by atoms with Gasteiger partial charge in [0.05, 0.1) is 11.2 Å². The Hall–Kier alpha value is -1.75. The predicted octanol–water partition coefficient (Wildman–Crippen LogP) is 1.10. The van der Waals surface area contributed by atoms with Gasteiger partial charge >= 0.3 is 5.76 Å². The normalized spacial score (nSPS) is 16.2. The molecule has 0 bridgehead atoms. The van der Waals surface area contributed by atoms with E-state index in [9.17, 15) is 4.79 Å². The number of rotatable bonds is 2. The molecule has 102 valence electrons. The van der Waals surface area contributed by atoms with E-state index in [2.05, 4.69) is 23.2 Å². The molecule has 5 nitrogen and oxygen atoms in total. The first kappa shape index (κ1) is 12.3. The summed E-state index contributed by atoms with van der Waals surface area (Å²) in [6.07, 6.45) is 0.953. The van der Waals surface area contributed by atoms with Gasteiger partial charge in [-0.15, -0.1) is 0 Å². The lowest BCUT2D eigenvalue weighted by molar-refractivity contribution is 0.524. The molecule has 2 aromatic rings. The molecule has 0 atom stereocenters. The summed E-state index contributed by atoms with van der Waals surface area (Å²) in [6, 6.07) is 4.20. The van der Waals surface area contributed by atoms with Gasteiger partial charge in [0.25, 0.3) is 0 Å². The maximum Gasteiger partial charge on any atom is 0.419 e. The first-order valence-corrected chi connectivity index (χ1v) is 6.79. The molecule has 19 heavy (non-hydrogen) atoms. The molecular weight excluding hydrogens is 242 g/mol. The van der Waals surface area contributed by atoms with Crippen molar-refractivity contribution in [3.05, 3.63) is 28.2 Å². The number of aromatic nitrogens is 1. The van der Waals surface area contributed by atoms with Gasteiger partial charge in [-0.25, -0.2) is 4.79 Å². The topological polar surface area (TPSA) is 50.4 Å². The van der Waals surface area contributed by atoms with E-state index in [1.807, 2.05) is 6.07 Å². The molecule has 1 N–H and O–H groups in total. The maximum atomic E-state index is 11.7. The van der Waals surface area contributed by atoms with Gasteiger partial charge in [-0.1, -0.05) is 6.92 Å². The van der Waals surface area contributed by atoms with Crippen LogP contribution in [0.4, 0.5) is 5.69 Å². The SMILES string of the molecule is CCc1cc(N2CCNCC2)c2oc(=O)n(C)c2c1. The third-order valence-corrected chi connectivity index (χ3v) is 3.80. The van der Waals surface area contributed by atoms with Gasteiger partial charge in [0.2, 0.25) is 0 Å². The van der Waals surface area contributed by atoms with Crippen LogP contribution in [0.15, 0.2) is 21.3 Å². The predicted molar refractivity (Wildman–Crippen MR) is 75.9 cm³/mol. The van der Waals surface area contributed by atoms with E-state index in [0.29, 0.717) is 5.58 Å². The van der Waals surface area contributed by atoms with Crippen LogP contribution in [-0.4, -0.2) is 30.7 Å². The summed E-state index contributed by atoms with van der Waals surface area (Å²) in [5.74, 6) is -0.292. The Balaban J connectivity index is 2.20. The summed E-state index contributed by atoms with van der Waals surface area (Å²) >= 11 is 0. The highest BCUT2D eigenvalue weighted by Crippen LogP contribution is 2.28. The molecule has 1 aliphatic rings. The summed E-state index contributed by atoms with van der Waals surface area (Å²) in [5.41, 5.74) is 3.88. The molecule has 0 spiro atoms. The third-order valence-electron chi connectivity index (χ3n) is 3.80. The zero-order valence-corrected chi connectivity index (χ0v) is 11.4. The summed E-state index contributed by atoms with van der Waals surface area (Å²) < 4.78 is 7.01. The van der Waals surface area contributed by atoms with Gasteiger partial charge in [0.1, 0.15) is 0 Å². The average Bonchev–Trinajstić information content (AvgIpc) is 2.74. The van der Waals surface area contributed by atoms with Crippen molar-refractivity contribution in [2.75, 3.05) is 31.1 Å². The minimum atomic E-state index is -0.292. The molecule has 1 aliphatic heterocycles. The summed E-state index contributed by atoms with van der Waals surface area (Å²) in [4.78, 5) is 14.0. The number of aryl methyl sites for hydroxylation is 2. The Labute approximate surface area is 111 Å². The van der Waals surface area contributed by atoms with Crippen LogP contribution < -0.4 is 16.0 Å². The Morgan fingerprint density at radius 2 is 2.05 bits per heavy atom. The van der Waals surface area contributed by atoms with Crippen molar-refractivity contribution in [2.45, 2.75) is 13.3 Å². The highest BCUT2D eigenvalue weighted by molar-refractivity contribution is 5.88. The smallest absolute Gasteiger partial charge is 0.405 e. The van der Waals surface area contributed by atoms with E-state index in [0.717, 1.165) is 43.8 Å². The molecule has 1 aromatic heterocycles. The molecule has 1 fully saturated rings. The zero-order chi connectivity index (χ0) is 13.4. The average molecular weight is 261 g/mol. The Morgan fingerprint density at radius 1 is 1.32 bits per heavy atom. The number of benzene rings is 1. The molecule has 0 radical (unpaired) electrons. The third kappa shape index (κ3) is 2.04. The van der Waals surface area contributed by atoms with Gasteiger partial charge in [0, 0.05) is 33.2 Å². The van der Waals surface area contributed by atoms with E-state index in [4.69, 9.17) is 4.42 Å². The number of fused-ring (bicyclic) bond motifs is 1. The molecule has 1 saturated heterocycles. The highest BCUT2D eigenvalue weighted by atomic mass is 16.4. The second kappa shape index (κ2) is 4.74. The number of anilines is 1. The van der Waals surface area contributed by atoms with E-state index in [1.54, 1.807) is 11.6 Å². The van der Waals surface area contributed by atoms with Crippen molar-refractivity contribution < 1.29 is 4.42 Å². The Bertz CT molecular complexity index is 650. The summed E-state index contributed by atoms with van der Waals surface area (Å²) in [5, 5.41) is 3.34. The minimum Gasteiger partial charge on any atom is -0.405 e. The van der Waals surface area contributed by atoms with E-state index in [-0.39, 0.29) is 5.76 Å². The van der Waals surface area contributed by atoms with Gasteiger partial charge in [-0.3, -0.25) is 4.57 Å². The molecule has 0 saturated carbocycles. The van der Waals surface area contributed by atoms with Crippen LogP contribution in [0, 0.1) is 0 Å².